The van der Waals surface area contributed by atoms with Crippen molar-refractivity contribution in [2.75, 3.05) is 7.11 Å². The van der Waals surface area contributed by atoms with Crippen molar-refractivity contribution in [2.24, 2.45) is 5.92 Å². The average molecular weight is 346 g/mol. The number of ether oxygens (including phenoxy) is 1. The van der Waals surface area contributed by atoms with E-state index in [0.29, 0.717) is 18.0 Å². The maximum atomic E-state index is 14.0. The van der Waals surface area contributed by atoms with E-state index in [1.54, 1.807) is 6.07 Å². The van der Waals surface area contributed by atoms with Gasteiger partial charge in [-0.3, -0.25) is 4.79 Å². The summed E-state index contributed by atoms with van der Waals surface area (Å²) in [6.07, 6.45) is 4.21. The van der Waals surface area contributed by atoms with E-state index in [-0.39, 0.29) is 17.0 Å². The van der Waals surface area contributed by atoms with Crippen LogP contribution >= 0.6 is 0 Å². The molecule has 0 saturated heterocycles. The van der Waals surface area contributed by atoms with Crippen molar-refractivity contribution < 1.29 is 19.0 Å². The topological polar surface area (TPSA) is 81.4 Å². The normalized spacial score (nSPS) is 14.6. The van der Waals surface area contributed by atoms with E-state index in [2.05, 4.69) is 5.10 Å². The van der Waals surface area contributed by atoms with E-state index in [4.69, 9.17) is 4.74 Å². The molecule has 3 rings (SSSR count). The van der Waals surface area contributed by atoms with Crippen LogP contribution in [0.3, 0.4) is 0 Å². The lowest BCUT2D eigenvalue weighted by Gasteiger charge is -2.13. The molecule has 1 aliphatic rings. The molecule has 1 fully saturated rings. The molecule has 25 heavy (non-hydrogen) atoms. The van der Waals surface area contributed by atoms with Gasteiger partial charge in [0.05, 0.1) is 12.8 Å². The van der Waals surface area contributed by atoms with Crippen LogP contribution in [0.4, 0.5) is 4.39 Å². The molecule has 0 radical (unpaired) electrons. The maximum absolute atomic E-state index is 14.0. The Bertz CT molecular complexity index is 857. The van der Waals surface area contributed by atoms with Crippen molar-refractivity contribution in [2.45, 2.75) is 32.2 Å². The van der Waals surface area contributed by atoms with Crippen molar-refractivity contribution >= 4 is 5.97 Å². The highest BCUT2D eigenvalue weighted by molar-refractivity contribution is 5.88. The van der Waals surface area contributed by atoms with Gasteiger partial charge in [0.15, 0.2) is 11.6 Å². The highest BCUT2D eigenvalue weighted by atomic mass is 19.1. The maximum Gasteiger partial charge on any atom is 0.341 e. The largest absolute Gasteiger partial charge is 0.494 e. The molecule has 1 aromatic heterocycles. The number of rotatable bonds is 5. The van der Waals surface area contributed by atoms with Crippen LogP contribution < -0.4 is 10.3 Å². The van der Waals surface area contributed by atoms with E-state index in [1.807, 2.05) is 0 Å². The van der Waals surface area contributed by atoms with Gasteiger partial charge in [0.2, 0.25) is 0 Å². The van der Waals surface area contributed by atoms with Crippen molar-refractivity contribution in [3.63, 3.8) is 0 Å². The molecular formula is C18H19FN2O4. The fourth-order valence-corrected chi connectivity index (χ4v) is 3.22. The van der Waals surface area contributed by atoms with E-state index in [1.165, 1.54) is 30.0 Å². The van der Waals surface area contributed by atoms with Crippen LogP contribution in [-0.4, -0.2) is 28.0 Å². The molecule has 132 valence electrons. The molecule has 0 bridgehead atoms. The number of aromatic nitrogens is 2. The number of hydrogen-bond acceptors (Lipinski definition) is 4. The number of carboxylic acid groups (broad SMARTS) is 1. The van der Waals surface area contributed by atoms with Gasteiger partial charge in [0, 0.05) is 12.1 Å². The smallest absolute Gasteiger partial charge is 0.341 e. The predicted molar refractivity (Wildman–Crippen MR) is 89.4 cm³/mol. The van der Waals surface area contributed by atoms with Crippen molar-refractivity contribution in [1.29, 1.82) is 0 Å². The third-order valence-corrected chi connectivity index (χ3v) is 4.56. The molecule has 1 aliphatic carbocycles. The molecule has 1 saturated carbocycles. The molecular weight excluding hydrogens is 327 g/mol. The van der Waals surface area contributed by atoms with Crippen LogP contribution in [0.5, 0.6) is 5.75 Å². The van der Waals surface area contributed by atoms with Crippen LogP contribution in [-0.2, 0) is 6.54 Å². The molecule has 0 aliphatic heterocycles. The first kappa shape index (κ1) is 17.1. The van der Waals surface area contributed by atoms with Crippen LogP contribution in [0.15, 0.2) is 29.1 Å². The molecule has 1 heterocycles. The number of nitrogens with zero attached hydrogens (tertiary/aromatic N) is 2. The summed E-state index contributed by atoms with van der Waals surface area (Å²) in [5.41, 5.74) is -0.353. The van der Waals surface area contributed by atoms with E-state index in [0.717, 1.165) is 25.7 Å². The second-order valence-corrected chi connectivity index (χ2v) is 6.24. The Hall–Kier alpha value is -2.70. The van der Waals surface area contributed by atoms with Gasteiger partial charge in [-0.05, 0) is 43.0 Å². The Balaban J connectivity index is 2.06. The van der Waals surface area contributed by atoms with Crippen molar-refractivity contribution in [3.8, 4) is 17.0 Å². The second kappa shape index (κ2) is 7.04. The number of halogens is 1. The Morgan fingerprint density at radius 1 is 1.36 bits per heavy atom. The summed E-state index contributed by atoms with van der Waals surface area (Å²) >= 11 is 0. The summed E-state index contributed by atoms with van der Waals surface area (Å²) in [5.74, 6) is -1.49. The molecule has 0 atom stereocenters. The number of carboxylic acids is 1. The molecule has 6 nitrogen and oxygen atoms in total. The molecule has 2 aromatic rings. The zero-order valence-corrected chi connectivity index (χ0v) is 13.9. The van der Waals surface area contributed by atoms with Crippen molar-refractivity contribution in [1.82, 2.24) is 9.78 Å². The Morgan fingerprint density at radius 3 is 2.68 bits per heavy atom. The molecule has 7 heteroatoms. The lowest BCUT2D eigenvalue weighted by atomic mass is 10.1. The van der Waals surface area contributed by atoms with Gasteiger partial charge in [-0.2, -0.15) is 5.10 Å². The Morgan fingerprint density at radius 2 is 2.08 bits per heavy atom. The first-order valence-corrected chi connectivity index (χ1v) is 8.19. The van der Waals surface area contributed by atoms with Crippen LogP contribution in [0, 0.1) is 11.7 Å². The average Bonchev–Trinajstić information content (AvgIpc) is 3.09. The fourth-order valence-electron chi connectivity index (χ4n) is 3.22. The highest BCUT2D eigenvalue weighted by Gasteiger charge is 2.21. The minimum absolute atomic E-state index is 0.0847. The van der Waals surface area contributed by atoms with Crippen LogP contribution in [0.25, 0.3) is 11.3 Å². The quantitative estimate of drug-likeness (QED) is 0.900. The zero-order valence-electron chi connectivity index (χ0n) is 13.9. The van der Waals surface area contributed by atoms with E-state index < -0.39 is 17.3 Å². The van der Waals surface area contributed by atoms with Gasteiger partial charge in [0.1, 0.15) is 5.56 Å². The fraction of sp³-hybridized carbons (Fsp3) is 0.389. The molecule has 1 aromatic carbocycles. The Labute approximate surface area is 143 Å². The molecule has 0 unspecified atom stereocenters. The van der Waals surface area contributed by atoms with Crippen LogP contribution in [0.1, 0.15) is 36.0 Å². The van der Waals surface area contributed by atoms with Gasteiger partial charge in [-0.25, -0.2) is 13.9 Å². The zero-order chi connectivity index (χ0) is 18.0. The molecule has 0 amide bonds. The number of methoxy groups -OCH3 is 1. The SMILES string of the molecule is COc1ccc(-c2cc(C(=O)O)c(=O)n(CC3CCCC3)n2)cc1F. The van der Waals surface area contributed by atoms with Gasteiger partial charge in [0.25, 0.3) is 5.56 Å². The van der Waals surface area contributed by atoms with Gasteiger partial charge >= 0.3 is 5.97 Å². The second-order valence-electron chi connectivity index (χ2n) is 6.24. The standard InChI is InChI=1S/C18H19FN2O4/c1-25-16-7-6-12(8-14(16)19)15-9-13(18(23)24)17(22)21(20-15)10-11-4-2-3-5-11/h6-9,11H,2-5,10H2,1H3,(H,23,24). The highest BCUT2D eigenvalue weighted by Crippen LogP contribution is 2.27. The Kier molecular flexibility index (Phi) is 4.83. The van der Waals surface area contributed by atoms with Gasteiger partial charge < -0.3 is 9.84 Å². The summed E-state index contributed by atoms with van der Waals surface area (Å²) in [6.45, 7) is 0.381. The minimum atomic E-state index is -1.32. The van der Waals surface area contributed by atoms with Gasteiger partial charge in [-0.1, -0.05) is 12.8 Å². The summed E-state index contributed by atoms with van der Waals surface area (Å²) in [4.78, 5) is 23.8. The lowest BCUT2D eigenvalue weighted by molar-refractivity contribution is 0.0693. The first-order chi connectivity index (χ1) is 12.0. The molecule has 1 N–H and O–H groups in total. The number of aromatic carboxylic acids is 1. The third-order valence-electron chi connectivity index (χ3n) is 4.56. The van der Waals surface area contributed by atoms with E-state index >= 15 is 0 Å². The monoisotopic (exact) mass is 346 g/mol. The van der Waals surface area contributed by atoms with E-state index in [9.17, 15) is 19.1 Å². The minimum Gasteiger partial charge on any atom is -0.494 e. The van der Waals surface area contributed by atoms with Gasteiger partial charge in [-0.15, -0.1) is 0 Å². The number of benzene rings is 1. The third kappa shape index (κ3) is 3.55. The first-order valence-electron chi connectivity index (χ1n) is 8.19. The summed E-state index contributed by atoms with van der Waals surface area (Å²) in [5, 5.41) is 13.6. The lowest BCUT2D eigenvalue weighted by Crippen LogP contribution is -2.31. The molecule has 0 spiro atoms. The summed E-state index contributed by atoms with van der Waals surface area (Å²) in [7, 11) is 1.36. The predicted octanol–water partition coefficient (Wildman–Crippen LogP) is 2.95. The van der Waals surface area contributed by atoms with Crippen LogP contribution in [0.2, 0.25) is 0 Å². The summed E-state index contributed by atoms with van der Waals surface area (Å²) in [6, 6.07) is 5.44. The number of carbonyl (C=O) groups is 1. The summed E-state index contributed by atoms with van der Waals surface area (Å²) < 4.78 is 20.1. The van der Waals surface area contributed by atoms with Crippen molar-refractivity contribution in [3.05, 3.63) is 46.0 Å². The number of hydrogen-bond donors (Lipinski definition) is 1.